The van der Waals surface area contributed by atoms with E-state index >= 15 is 0 Å². The van der Waals surface area contributed by atoms with Crippen molar-refractivity contribution in [1.29, 1.82) is 0 Å². The van der Waals surface area contributed by atoms with E-state index in [1.165, 1.54) is 7.11 Å². The molecule has 1 saturated heterocycles. The number of ether oxygens (including phenoxy) is 1. The molecular weight excluding hydrogens is 226 g/mol. The fourth-order valence-electron chi connectivity index (χ4n) is 1.96. The minimum atomic E-state index is -0.312. The summed E-state index contributed by atoms with van der Waals surface area (Å²) in [5.41, 5.74) is 1.51. The Kier molecular flexibility index (Phi) is 4.38. The lowest BCUT2D eigenvalue weighted by Gasteiger charge is -2.17. The monoisotopic (exact) mass is 243 g/mol. The predicted octanol–water partition coefficient (Wildman–Crippen LogP) is 1.82. The number of hydrogen-bond donors (Lipinski definition) is 1. The minimum Gasteiger partial charge on any atom is -0.465 e. The molecule has 1 aliphatic heterocycles. The van der Waals surface area contributed by atoms with E-state index in [4.69, 9.17) is 0 Å². The van der Waals surface area contributed by atoms with Crippen LogP contribution in [0.3, 0.4) is 0 Å². The molecule has 3 nitrogen and oxygen atoms in total. The van der Waals surface area contributed by atoms with E-state index in [2.05, 4.69) is 21.9 Å². The first kappa shape index (κ1) is 12.7. The first-order valence-electron chi connectivity index (χ1n) is 6.20. The predicted molar refractivity (Wildman–Crippen MR) is 70.3 cm³/mol. The Bertz CT molecular complexity index is 462. The molecule has 3 heteroatoms. The third-order valence-electron chi connectivity index (χ3n) is 3.07. The Balaban J connectivity index is 2.01. The molecule has 0 unspecified atom stereocenters. The van der Waals surface area contributed by atoms with E-state index in [0.29, 0.717) is 11.5 Å². The van der Waals surface area contributed by atoms with Crippen LogP contribution in [0.5, 0.6) is 0 Å². The van der Waals surface area contributed by atoms with Crippen molar-refractivity contribution in [3.63, 3.8) is 0 Å². The number of carbonyl (C=O) groups is 1. The largest absolute Gasteiger partial charge is 0.465 e. The summed E-state index contributed by atoms with van der Waals surface area (Å²) in [6.07, 6.45) is 2.24. The van der Waals surface area contributed by atoms with Crippen LogP contribution in [0.2, 0.25) is 0 Å². The lowest BCUT2D eigenvalue weighted by atomic mass is 9.98. The zero-order valence-corrected chi connectivity index (χ0v) is 10.5. The second-order valence-corrected chi connectivity index (χ2v) is 4.36. The smallest absolute Gasteiger partial charge is 0.337 e. The average molecular weight is 243 g/mol. The fraction of sp³-hybridized carbons (Fsp3) is 0.400. The summed E-state index contributed by atoms with van der Waals surface area (Å²) in [6, 6.07) is 7.22. The molecule has 0 saturated carbocycles. The molecular formula is C15H17NO2. The molecule has 1 aromatic rings. The van der Waals surface area contributed by atoms with Crippen LogP contribution >= 0.6 is 0 Å². The molecule has 1 N–H and O–H groups in total. The van der Waals surface area contributed by atoms with Crippen LogP contribution in [-0.4, -0.2) is 26.2 Å². The summed E-state index contributed by atoms with van der Waals surface area (Å²) in [6.45, 7) is 2.11. The highest BCUT2D eigenvalue weighted by atomic mass is 16.5. The molecule has 0 amide bonds. The molecule has 1 aliphatic rings. The van der Waals surface area contributed by atoms with Crippen LogP contribution in [0.4, 0.5) is 0 Å². The lowest BCUT2D eigenvalue weighted by Crippen LogP contribution is -2.26. The van der Waals surface area contributed by atoms with Gasteiger partial charge in [-0.15, -0.1) is 0 Å². The van der Waals surface area contributed by atoms with Gasteiger partial charge in [0.2, 0.25) is 0 Å². The van der Waals surface area contributed by atoms with Crippen LogP contribution in [0.25, 0.3) is 0 Å². The summed E-state index contributed by atoms with van der Waals surface area (Å²) in [4.78, 5) is 11.3. The number of hydrogen-bond acceptors (Lipinski definition) is 3. The van der Waals surface area contributed by atoms with Gasteiger partial charge in [0.15, 0.2) is 0 Å². The van der Waals surface area contributed by atoms with Gasteiger partial charge in [0.25, 0.3) is 0 Å². The van der Waals surface area contributed by atoms with Crippen molar-refractivity contribution in [1.82, 2.24) is 5.32 Å². The number of rotatable bonds is 1. The summed E-state index contributed by atoms with van der Waals surface area (Å²) in [5.74, 6) is 6.64. The number of nitrogens with one attached hydrogen (secondary N) is 1. The standard InChI is InChI=1S/C15H17NO2/c1-18-15(17)14-6-4-12(5-7-14)2-3-13-8-10-16-11-9-13/h4-7,13,16H,8-11H2,1H3. The quantitative estimate of drug-likeness (QED) is 0.604. The van der Waals surface area contributed by atoms with Crippen LogP contribution in [0, 0.1) is 17.8 Å². The third kappa shape index (κ3) is 3.35. The van der Waals surface area contributed by atoms with Gasteiger partial charge >= 0.3 is 5.97 Å². The highest BCUT2D eigenvalue weighted by Crippen LogP contribution is 2.10. The van der Waals surface area contributed by atoms with Gasteiger partial charge in [-0.05, 0) is 50.2 Å². The molecule has 0 atom stereocenters. The van der Waals surface area contributed by atoms with Gasteiger partial charge in [-0.1, -0.05) is 11.8 Å². The van der Waals surface area contributed by atoms with Crippen molar-refractivity contribution in [2.75, 3.05) is 20.2 Å². The molecule has 1 heterocycles. The van der Waals surface area contributed by atoms with Gasteiger partial charge < -0.3 is 10.1 Å². The van der Waals surface area contributed by atoms with Gasteiger partial charge in [0.1, 0.15) is 0 Å². The van der Waals surface area contributed by atoms with E-state index in [1.54, 1.807) is 12.1 Å². The van der Waals surface area contributed by atoms with Crippen molar-refractivity contribution in [2.24, 2.45) is 5.92 Å². The van der Waals surface area contributed by atoms with E-state index < -0.39 is 0 Å². The first-order chi connectivity index (χ1) is 8.79. The zero-order valence-electron chi connectivity index (χ0n) is 10.5. The number of benzene rings is 1. The van der Waals surface area contributed by atoms with Crippen LogP contribution in [0.15, 0.2) is 24.3 Å². The number of carbonyl (C=O) groups excluding carboxylic acids is 1. The van der Waals surface area contributed by atoms with Gasteiger partial charge in [-0.2, -0.15) is 0 Å². The summed E-state index contributed by atoms with van der Waals surface area (Å²) < 4.78 is 4.65. The first-order valence-corrected chi connectivity index (χ1v) is 6.20. The molecule has 0 bridgehead atoms. The van der Waals surface area contributed by atoms with Crippen molar-refractivity contribution < 1.29 is 9.53 Å². The second kappa shape index (κ2) is 6.23. The number of piperidine rings is 1. The van der Waals surface area contributed by atoms with Gasteiger partial charge in [-0.25, -0.2) is 4.79 Å². The SMILES string of the molecule is COC(=O)c1ccc(C#CC2CCNCC2)cc1. The maximum atomic E-state index is 11.3. The lowest BCUT2D eigenvalue weighted by molar-refractivity contribution is 0.0601. The van der Waals surface area contributed by atoms with E-state index in [1.807, 2.05) is 12.1 Å². The maximum Gasteiger partial charge on any atom is 0.337 e. The minimum absolute atomic E-state index is 0.312. The topological polar surface area (TPSA) is 38.3 Å². The Hall–Kier alpha value is -1.79. The van der Waals surface area contributed by atoms with E-state index in [9.17, 15) is 4.79 Å². The highest BCUT2D eigenvalue weighted by molar-refractivity contribution is 5.89. The Labute approximate surface area is 108 Å². The molecule has 1 fully saturated rings. The molecule has 0 aromatic heterocycles. The maximum absolute atomic E-state index is 11.3. The van der Waals surface area contributed by atoms with Crippen molar-refractivity contribution in [2.45, 2.75) is 12.8 Å². The molecule has 0 radical (unpaired) electrons. The third-order valence-corrected chi connectivity index (χ3v) is 3.07. The fourth-order valence-corrected chi connectivity index (χ4v) is 1.96. The van der Waals surface area contributed by atoms with Gasteiger partial charge in [0.05, 0.1) is 12.7 Å². The molecule has 94 valence electrons. The Morgan fingerprint density at radius 2 is 1.94 bits per heavy atom. The summed E-state index contributed by atoms with van der Waals surface area (Å²) in [7, 11) is 1.38. The Morgan fingerprint density at radius 1 is 1.28 bits per heavy atom. The van der Waals surface area contributed by atoms with Crippen LogP contribution in [-0.2, 0) is 4.74 Å². The number of esters is 1. The van der Waals surface area contributed by atoms with Crippen LogP contribution in [0.1, 0.15) is 28.8 Å². The van der Waals surface area contributed by atoms with Crippen LogP contribution < -0.4 is 5.32 Å². The van der Waals surface area contributed by atoms with Crippen molar-refractivity contribution in [3.05, 3.63) is 35.4 Å². The molecule has 1 aromatic carbocycles. The zero-order chi connectivity index (χ0) is 12.8. The van der Waals surface area contributed by atoms with Gasteiger partial charge in [-0.3, -0.25) is 0 Å². The van der Waals surface area contributed by atoms with Crippen molar-refractivity contribution in [3.8, 4) is 11.8 Å². The highest BCUT2D eigenvalue weighted by Gasteiger charge is 2.09. The average Bonchev–Trinajstić information content (AvgIpc) is 2.46. The normalized spacial score (nSPS) is 15.6. The van der Waals surface area contributed by atoms with Crippen molar-refractivity contribution >= 4 is 5.97 Å². The Morgan fingerprint density at radius 3 is 2.56 bits per heavy atom. The molecule has 18 heavy (non-hydrogen) atoms. The van der Waals surface area contributed by atoms with E-state index in [0.717, 1.165) is 31.5 Å². The summed E-state index contributed by atoms with van der Waals surface area (Å²) >= 11 is 0. The summed E-state index contributed by atoms with van der Waals surface area (Å²) in [5, 5.41) is 3.32. The van der Waals surface area contributed by atoms with Gasteiger partial charge in [0, 0.05) is 11.5 Å². The number of methoxy groups -OCH3 is 1. The molecule has 0 spiro atoms. The second-order valence-electron chi connectivity index (χ2n) is 4.36. The molecule has 2 rings (SSSR count). The van der Waals surface area contributed by atoms with E-state index in [-0.39, 0.29) is 5.97 Å². The molecule has 0 aliphatic carbocycles.